The van der Waals surface area contributed by atoms with Crippen molar-refractivity contribution in [2.24, 2.45) is 5.92 Å². The maximum absolute atomic E-state index is 14.5. The highest BCUT2D eigenvalue weighted by molar-refractivity contribution is 7.99. The van der Waals surface area contributed by atoms with Gasteiger partial charge < -0.3 is 9.84 Å². The summed E-state index contributed by atoms with van der Waals surface area (Å²) in [5.74, 6) is -0.804. The predicted octanol–water partition coefficient (Wildman–Crippen LogP) is 3.34. The fourth-order valence-electron chi connectivity index (χ4n) is 3.44. The maximum atomic E-state index is 14.5. The van der Waals surface area contributed by atoms with Crippen molar-refractivity contribution in [3.8, 4) is 0 Å². The zero-order valence-electron chi connectivity index (χ0n) is 15.3. The fraction of sp³-hybridized carbons (Fsp3) is 0.500. The zero-order chi connectivity index (χ0) is 19.4. The number of likely N-dealkylation sites (tertiary alicyclic amines) is 1. The van der Waals surface area contributed by atoms with Gasteiger partial charge in [0.1, 0.15) is 5.82 Å². The number of benzene rings is 1. The quantitative estimate of drug-likeness (QED) is 0.415. The Morgan fingerprint density at radius 1 is 1.37 bits per heavy atom. The number of aliphatic carboxylic acids is 1. The molecule has 0 amide bonds. The summed E-state index contributed by atoms with van der Waals surface area (Å²) in [6.45, 7) is 1.46. The number of ketones is 1. The number of piperidine rings is 1. The number of carboxylic acids is 1. The molecule has 1 saturated carbocycles. The molecule has 2 aliphatic rings. The second kappa shape index (κ2) is 8.99. The molecule has 1 unspecified atom stereocenters. The van der Waals surface area contributed by atoms with Crippen LogP contribution in [0.15, 0.2) is 29.8 Å². The summed E-state index contributed by atoms with van der Waals surface area (Å²) < 4.78 is 19.6. The molecule has 2 fully saturated rings. The van der Waals surface area contributed by atoms with E-state index in [0.29, 0.717) is 36.7 Å². The van der Waals surface area contributed by atoms with Gasteiger partial charge in [-0.25, -0.2) is 9.18 Å². The van der Waals surface area contributed by atoms with Crippen LogP contribution in [0.25, 0.3) is 0 Å². The van der Waals surface area contributed by atoms with E-state index in [-0.39, 0.29) is 22.8 Å². The van der Waals surface area contributed by atoms with Crippen LogP contribution in [-0.4, -0.2) is 53.1 Å². The van der Waals surface area contributed by atoms with Crippen molar-refractivity contribution in [2.45, 2.75) is 31.1 Å². The third-order valence-electron chi connectivity index (χ3n) is 4.94. The molecule has 3 rings (SSSR count). The number of halogens is 1. The van der Waals surface area contributed by atoms with Crippen LogP contribution in [0.4, 0.5) is 4.39 Å². The smallest absolute Gasteiger partial charge is 0.328 e. The first-order valence-corrected chi connectivity index (χ1v) is 10.1. The number of hydrogen-bond donors (Lipinski definition) is 1. The van der Waals surface area contributed by atoms with E-state index in [0.717, 1.165) is 24.8 Å². The van der Waals surface area contributed by atoms with Crippen LogP contribution in [0.2, 0.25) is 0 Å². The van der Waals surface area contributed by atoms with Crippen LogP contribution in [0.5, 0.6) is 0 Å². The first kappa shape index (κ1) is 20.0. The first-order valence-electron chi connectivity index (χ1n) is 9.07. The Kier molecular flexibility index (Phi) is 6.68. The van der Waals surface area contributed by atoms with Crippen LogP contribution < -0.4 is 0 Å². The van der Waals surface area contributed by atoms with Crippen molar-refractivity contribution in [1.29, 1.82) is 0 Å². The number of carboxylic acid groups (broad SMARTS) is 1. The minimum absolute atomic E-state index is 0.0244. The van der Waals surface area contributed by atoms with Gasteiger partial charge in [0.15, 0.2) is 5.78 Å². The topological polar surface area (TPSA) is 66.8 Å². The molecule has 146 valence electrons. The Balaban J connectivity index is 1.76. The van der Waals surface area contributed by atoms with Crippen molar-refractivity contribution in [3.63, 3.8) is 0 Å². The van der Waals surface area contributed by atoms with Crippen molar-refractivity contribution < 1.29 is 23.8 Å². The lowest BCUT2D eigenvalue weighted by molar-refractivity contribution is -0.131. The monoisotopic (exact) mass is 393 g/mol. The van der Waals surface area contributed by atoms with Crippen molar-refractivity contribution >= 4 is 23.5 Å². The first-order chi connectivity index (χ1) is 13.0. The molecule has 1 saturated heterocycles. The average Bonchev–Trinajstić information content (AvgIpc) is 3.47. The highest BCUT2D eigenvalue weighted by Crippen LogP contribution is 2.35. The second-order valence-corrected chi connectivity index (χ2v) is 8.16. The summed E-state index contributed by atoms with van der Waals surface area (Å²) in [7, 11) is 1.61. The molecular weight excluding hydrogens is 369 g/mol. The van der Waals surface area contributed by atoms with E-state index >= 15 is 0 Å². The van der Waals surface area contributed by atoms with E-state index in [2.05, 4.69) is 0 Å². The lowest BCUT2D eigenvalue weighted by Crippen LogP contribution is -2.37. The summed E-state index contributed by atoms with van der Waals surface area (Å²) in [5, 5.41) is 9.25. The molecule has 27 heavy (non-hydrogen) atoms. The fourth-order valence-corrected chi connectivity index (χ4v) is 4.37. The number of Topliss-reactive ketones (excluding diaryl/α,β-unsaturated/α-hetero) is 1. The Labute approximate surface area is 162 Å². The second-order valence-electron chi connectivity index (χ2n) is 7.02. The van der Waals surface area contributed by atoms with E-state index in [1.54, 1.807) is 31.0 Å². The van der Waals surface area contributed by atoms with Crippen LogP contribution in [0, 0.1) is 11.7 Å². The Bertz CT molecular complexity index is 747. The highest BCUT2D eigenvalue weighted by Gasteiger charge is 2.33. The molecule has 5 nitrogen and oxygen atoms in total. The molecule has 1 aliphatic carbocycles. The van der Waals surface area contributed by atoms with E-state index in [1.165, 1.54) is 12.1 Å². The standard InChI is InChI=1S/C20H24FNO4S/c1-26-12-27-18-7-8-22(10-14(18)9-19(23)24)11-16-15(3-2-4-17(16)21)20(25)13-5-6-13/h2-4,9,13,18H,5-8,10-12H2,1H3,(H,23,24)/b14-9-. The van der Waals surface area contributed by atoms with Gasteiger partial charge in [-0.1, -0.05) is 12.1 Å². The molecule has 0 radical (unpaired) electrons. The van der Waals surface area contributed by atoms with Gasteiger partial charge in [-0.15, -0.1) is 11.8 Å². The van der Waals surface area contributed by atoms with Crippen LogP contribution in [-0.2, 0) is 16.1 Å². The molecule has 1 aromatic carbocycles. The molecule has 0 bridgehead atoms. The van der Waals surface area contributed by atoms with E-state index in [9.17, 15) is 19.1 Å². The van der Waals surface area contributed by atoms with Gasteiger partial charge in [0.2, 0.25) is 0 Å². The Morgan fingerprint density at radius 2 is 2.15 bits per heavy atom. The average molecular weight is 393 g/mol. The number of methoxy groups -OCH3 is 1. The molecule has 1 heterocycles. The van der Waals surface area contributed by atoms with E-state index in [1.807, 2.05) is 4.90 Å². The van der Waals surface area contributed by atoms with Crippen molar-refractivity contribution in [1.82, 2.24) is 4.90 Å². The van der Waals surface area contributed by atoms with Gasteiger partial charge in [0.25, 0.3) is 0 Å². The summed E-state index contributed by atoms with van der Waals surface area (Å²) >= 11 is 1.57. The highest BCUT2D eigenvalue weighted by atomic mass is 32.2. The summed E-state index contributed by atoms with van der Waals surface area (Å²) in [5.41, 5.74) is 1.69. The molecule has 7 heteroatoms. The van der Waals surface area contributed by atoms with Gasteiger partial charge in [-0.3, -0.25) is 9.69 Å². The van der Waals surface area contributed by atoms with E-state index < -0.39 is 5.97 Å². The number of carbonyl (C=O) groups is 2. The van der Waals surface area contributed by atoms with Gasteiger partial charge in [-0.2, -0.15) is 0 Å². The molecule has 0 spiro atoms. The van der Waals surface area contributed by atoms with Gasteiger partial charge in [0.05, 0.1) is 5.94 Å². The van der Waals surface area contributed by atoms with Crippen LogP contribution >= 0.6 is 11.8 Å². The summed E-state index contributed by atoms with van der Waals surface area (Å²) in [6.07, 6.45) is 3.76. The minimum Gasteiger partial charge on any atom is -0.478 e. The summed E-state index contributed by atoms with van der Waals surface area (Å²) in [6, 6.07) is 4.67. The van der Waals surface area contributed by atoms with Crippen LogP contribution in [0.1, 0.15) is 35.2 Å². The number of ether oxygens (including phenoxy) is 1. The largest absolute Gasteiger partial charge is 0.478 e. The lowest BCUT2D eigenvalue weighted by Gasteiger charge is -2.34. The van der Waals surface area contributed by atoms with Crippen molar-refractivity contribution in [3.05, 3.63) is 46.8 Å². The predicted molar refractivity (Wildman–Crippen MR) is 102 cm³/mol. The van der Waals surface area contributed by atoms with Gasteiger partial charge in [0, 0.05) is 55.1 Å². The molecule has 1 aromatic rings. The third-order valence-corrected chi connectivity index (χ3v) is 6.25. The Hall–Kier alpha value is -1.70. The minimum atomic E-state index is -0.981. The molecular formula is C20H24FNO4S. The molecule has 1 N–H and O–H groups in total. The number of hydrogen-bond acceptors (Lipinski definition) is 5. The maximum Gasteiger partial charge on any atom is 0.328 e. The third kappa shape index (κ3) is 5.18. The number of rotatable bonds is 8. The normalized spacial score (nSPS) is 22.1. The van der Waals surface area contributed by atoms with E-state index in [4.69, 9.17) is 4.74 Å². The molecule has 0 aromatic heterocycles. The van der Waals surface area contributed by atoms with Gasteiger partial charge in [-0.05, 0) is 30.9 Å². The van der Waals surface area contributed by atoms with Crippen molar-refractivity contribution in [2.75, 3.05) is 26.1 Å². The number of nitrogens with zero attached hydrogens (tertiary/aromatic N) is 1. The SMILES string of the molecule is COCSC1CCN(Cc2c(F)cccc2C(=O)C2CC2)C/C1=C/C(=O)O. The lowest BCUT2D eigenvalue weighted by atomic mass is 9.98. The number of thioether (sulfide) groups is 1. The summed E-state index contributed by atoms with van der Waals surface area (Å²) in [4.78, 5) is 25.7. The zero-order valence-corrected chi connectivity index (χ0v) is 16.1. The Morgan fingerprint density at radius 3 is 2.81 bits per heavy atom. The number of carbonyl (C=O) groups excluding carboxylic acids is 1. The molecule has 1 aliphatic heterocycles. The van der Waals surface area contributed by atoms with Gasteiger partial charge >= 0.3 is 5.97 Å². The molecule has 1 atom stereocenters. The van der Waals surface area contributed by atoms with Crippen LogP contribution in [0.3, 0.4) is 0 Å².